The van der Waals surface area contributed by atoms with Crippen molar-refractivity contribution in [2.24, 2.45) is 17.8 Å². The van der Waals surface area contributed by atoms with E-state index in [9.17, 15) is 18.0 Å². The molecule has 2 amide bonds. The van der Waals surface area contributed by atoms with Gasteiger partial charge in [-0.2, -0.15) is 0 Å². The van der Waals surface area contributed by atoms with E-state index in [0.717, 1.165) is 47.1 Å². The summed E-state index contributed by atoms with van der Waals surface area (Å²) in [5.74, 6) is 1.75. The summed E-state index contributed by atoms with van der Waals surface area (Å²) in [7, 11) is -3.83. The standard InChI is InChI=1S/C40H51N3O4S/c1-5-29(3)41-39(45)37(22-30-9-7-6-8-10-30)42(26-31-13-11-28(2)12-14-31)38(44)27-43(48(4,46)47)36-17-15-35(16-18-36)40-23-32-19-33(24-40)21-34(20-32)25-40/h6-18,29,32-34,37H,5,19-27H2,1-4H3,(H,41,45)/t29-,32?,33?,34?,37+,40?/m1/s1. The SMILES string of the molecule is CC[C@@H](C)NC(=O)[C@H](Cc1ccccc1)N(Cc1ccc(C)cc1)C(=O)CN(c1ccc(C23CC4CC(CC(C4)C2)C3)cc1)S(C)(=O)=O. The number of sulfonamides is 1. The molecule has 0 aromatic heterocycles. The van der Waals surface area contributed by atoms with E-state index in [1.807, 2.05) is 87.5 Å². The van der Waals surface area contributed by atoms with Crippen molar-refractivity contribution in [1.82, 2.24) is 10.2 Å². The maximum absolute atomic E-state index is 14.5. The van der Waals surface area contributed by atoms with E-state index in [1.54, 1.807) is 4.90 Å². The molecule has 0 unspecified atom stereocenters. The van der Waals surface area contributed by atoms with Crippen LogP contribution in [-0.2, 0) is 38.0 Å². The first-order valence-corrected chi connectivity index (χ1v) is 19.5. The van der Waals surface area contributed by atoms with E-state index in [1.165, 1.54) is 48.4 Å². The van der Waals surface area contributed by atoms with Crippen LogP contribution < -0.4 is 9.62 Å². The van der Waals surface area contributed by atoms with E-state index in [-0.39, 0.29) is 23.9 Å². The fraction of sp³-hybridized carbons (Fsp3) is 0.500. The largest absolute Gasteiger partial charge is 0.352 e. The van der Waals surface area contributed by atoms with Gasteiger partial charge in [-0.1, -0.05) is 79.2 Å². The molecule has 0 heterocycles. The number of anilines is 1. The summed E-state index contributed by atoms with van der Waals surface area (Å²) in [6.45, 7) is 5.73. The normalized spacial score (nSPS) is 24.1. The minimum absolute atomic E-state index is 0.0768. The zero-order valence-electron chi connectivity index (χ0n) is 28.9. The van der Waals surface area contributed by atoms with Crippen LogP contribution in [0, 0.1) is 24.7 Å². The van der Waals surface area contributed by atoms with Crippen molar-refractivity contribution in [3.63, 3.8) is 0 Å². The highest BCUT2D eigenvalue weighted by atomic mass is 32.2. The van der Waals surface area contributed by atoms with Gasteiger partial charge < -0.3 is 10.2 Å². The molecular weight excluding hydrogens is 619 g/mol. The minimum atomic E-state index is -3.83. The zero-order chi connectivity index (χ0) is 34.1. The van der Waals surface area contributed by atoms with Crippen LogP contribution in [0.5, 0.6) is 0 Å². The third kappa shape index (κ3) is 7.64. The van der Waals surface area contributed by atoms with Crippen molar-refractivity contribution in [1.29, 1.82) is 0 Å². The quantitative estimate of drug-likeness (QED) is 0.217. The van der Waals surface area contributed by atoms with Crippen molar-refractivity contribution in [2.45, 2.75) is 96.2 Å². The van der Waals surface area contributed by atoms with Gasteiger partial charge in [0, 0.05) is 19.0 Å². The number of rotatable bonds is 13. The predicted octanol–water partition coefficient (Wildman–Crippen LogP) is 6.78. The topological polar surface area (TPSA) is 86.8 Å². The lowest BCUT2D eigenvalue weighted by molar-refractivity contribution is -0.140. The van der Waals surface area contributed by atoms with Crippen molar-refractivity contribution in [3.05, 3.63) is 101 Å². The number of nitrogens with zero attached hydrogens (tertiary/aromatic N) is 2. The Hall–Kier alpha value is -3.65. The highest BCUT2D eigenvalue weighted by Crippen LogP contribution is 2.60. The molecule has 4 bridgehead atoms. The van der Waals surface area contributed by atoms with Gasteiger partial charge in [0.2, 0.25) is 21.8 Å². The number of carbonyl (C=O) groups is 2. The number of hydrogen-bond donors (Lipinski definition) is 1. The molecule has 3 aromatic rings. The second-order valence-corrected chi connectivity index (χ2v) is 17.0. The van der Waals surface area contributed by atoms with Gasteiger partial charge in [0.05, 0.1) is 11.9 Å². The van der Waals surface area contributed by atoms with Crippen LogP contribution in [0.3, 0.4) is 0 Å². The second-order valence-electron chi connectivity index (χ2n) is 15.0. The zero-order valence-corrected chi connectivity index (χ0v) is 29.7. The first-order chi connectivity index (χ1) is 22.9. The Kier molecular flexibility index (Phi) is 10.0. The number of nitrogens with one attached hydrogen (secondary N) is 1. The minimum Gasteiger partial charge on any atom is -0.352 e. The summed E-state index contributed by atoms with van der Waals surface area (Å²) < 4.78 is 27.9. The van der Waals surface area contributed by atoms with Gasteiger partial charge in [-0.05, 0) is 111 Å². The van der Waals surface area contributed by atoms with Crippen LogP contribution in [-0.4, -0.2) is 50.0 Å². The molecule has 4 aliphatic rings. The van der Waals surface area contributed by atoms with Gasteiger partial charge in [0.15, 0.2) is 0 Å². The molecule has 4 aliphatic carbocycles. The van der Waals surface area contributed by atoms with Crippen molar-refractivity contribution < 1.29 is 18.0 Å². The molecule has 1 N–H and O–H groups in total. The van der Waals surface area contributed by atoms with E-state index in [0.29, 0.717) is 12.1 Å². The molecule has 4 saturated carbocycles. The summed E-state index contributed by atoms with van der Waals surface area (Å²) in [6.07, 6.45) is 9.96. The van der Waals surface area contributed by atoms with Crippen LogP contribution in [0.4, 0.5) is 5.69 Å². The molecule has 0 saturated heterocycles. The summed E-state index contributed by atoms with van der Waals surface area (Å²) in [5.41, 5.74) is 4.84. The maximum atomic E-state index is 14.5. The lowest BCUT2D eigenvalue weighted by Crippen LogP contribution is -2.54. The van der Waals surface area contributed by atoms with Gasteiger partial charge in [-0.15, -0.1) is 0 Å². The van der Waals surface area contributed by atoms with Crippen molar-refractivity contribution >= 4 is 27.5 Å². The number of aryl methyl sites for hydroxylation is 1. The summed E-state index contributed by atoms with van der Waals surface area (Å²) >= 11 is 0. The monoisotopic (exact) mass is 669 g/mol. The van der Waals surface area contributed by atoms with Crippen molar-refractivity contribution in [2.75, 3.05) is 17.1 Å². The Morgan fingerprint density at radius 3 is 1.98 bits per heavy atom. The highest BCUT2D eigenvalue weighted by molar-refractivity contribution is 7.92. The number of hydrogen-bond acceptors (Lipinski definition) is 4. The Bertz CT molecular complexity index is 1650. The Balaban J connectivity index is 1.30. The first-order valence-electron chi connectivity index (χ1n) is 17.7. The van der Waals surface area contributed by atoms with Gasteiger partial charge in [-0.3, -0.25) is 13.9 Å². The molecule has 7 nitrogen and oxygen atoms in total. The van der Waals surface area contributed by atoms with E-state index < -0.39 is 28.5 Å². The van der Waals surface area contributed by atoms with Crippen LogP contribution >= 0.6 is 0 Å². The molecule has 3 aromatic carbocycles. The molecule has 4 fully saturated rings. The second kappa shape index (κ2) is 14.1. The summed E-state index contributed by atoms with van der Waals surface area (Å²) in [5, 5.41) is 3.09. The molecule has 48 heavy (non-hydrogen) atoms. The fourth-order valence-corrected chi connectivity index (χ4v) is 9.79. The Morgan fingerprint density at radius 2 is 1.44 bits per heavy atom. The lowest BCUT2D eigenvalue weighted by Gasteiger charge is -2.57. The molecular formula is C40H51N3O4S. The molecule has 7 rings (SSSR count). The smallest absolute Gasteiger partial charge is 0.244 e. The van der Waals surface area contributed by atoms with Crippen molar-refractivity contribution in [3.8, 4) is 0 Å². The highest BCUT2D eigenvalue weighted by Gasteiger charge is 2.51. The number of amides is 2. The third-order valence-corrected chi connectivity index (χ3v) is 12.4. The van der Waals surface area contributed by atoms with Gasteiger partial charge in [0.25, 0.3) is 0 Å². The first kappa shape index (κ1) is 34.2. The van der Waals surface area contributed by atoms with Gasteiger partial charge in [-0.25, -0.2) is 8.42 Å². The average Bonchev–Trinajstić information content (AvgIpc) is 3.05. The molecule has 0 spiro atoms. The Morgan fingerprint density at radius 1 is 0.854 bits per heavy atom. The van der Waals surface area contributed by atoms with Crippen LogP contribution in [0.2, 0.25) is 0 Å². The van der Waals surface area contributed by atoms with Crippen LogP contribution in [0.15, 0.2) is 78.9 Å². The molecule has 2 atom stereocenters. The molecule has 8 heteroatoms. The molecule has 0 radical (unpaired) electrons. The lowest BCUT2D eigenvalue weighted by atomic mass is 9.48. The summed E-state index contributed by atoms with van der Waals surface area (Å²) in [6, 6.07) is 24.6. The number of benzene rings is 3. The van der Waals surface area contributed by atoms with E-state index in [2.05, 4.69) is 17.4 Å². The van der Waals surface area contributed by atoms with Gasteiger partial charge in [0.1, 0.15) is 12.6 Å². The predicted molar refractivity (Wildman–Crippen MR) is 192 cm³/mol. The Labute approximate surface area is 287 Å². The molecule has 256 valence electrons. The fourth-order valence-electron chi connectivity index (χ4n) is 8.94. The molecule has 0 aliphatic heterocycles. The van der Waals surface area contributed by atoms with E-state index >= 15 is 0 Å². The average molecular weight is 670 g/mol. The maximum Gasteiger partial charge on any atom is 0.244 e. The summed E-state index contributed by atoms with van der Waals surface area (Å²) in [4.78, 5) is 30.0. The number of carbonyl (C=O) groups excluding carboxylic acids is 2. The van der Waals surface area contributed by atoms with E-state index in [4.69, 9.17) is 0 Å². The third-order valence-electron chi connectivity index (χ3n) is 11.2. The van der Waals surface area contributed by atoms with Gasteiger partial charge >= 0.3 is 0 Å². The van der Waals surface area contributed by atoms with Crippen LogP contribution in [0.1, 0.15) is 81.0 Å². The van der Waals surface area contributed by atoms with Crippen LogP contribution in [0.25, 0.3) is 0 Å².